The highest BCUT2D eigenvalue weighted by Crippen LogP contribution is 2.20. The van der Waals surface area contributed by atoms with E-state index in [-0.39, 0.29) is 5.82 Å². The van der Waals surface area contributed by atoms with Gasteiger partial charge in [0.05, 0.1) is 0 Å². The lowest BCUT2D eigenvalue weighted by Gasteiger charge is -2.05. The van der Waals surface area contributed by atoms with E-state index in [1.165, 1.54) is 0 Å². The Labute approximate surface area is 102 Å². The van der Waals surface area contributed by atoms with Gasteiger partial charge in [-0.2, -0.15) is 0 Å². The van der Waals surface area contributed by atoms with E-state index in [0.29, 0.717) is 5.56 Å². The molecule has 2 heteroatoms. The van der Waals surface area contributed by atoms with E-state index < -0.39 is 0 Å². The molecule has 90 valence electrons. The summed E-state index contributed by atoms with van der Waals surface area (Å²) in [6.45, 7) is 7.56. The Morgan fingerprint density at radius 1 is 1.35 bits per heavy atom. The SMILES string of the molecule is C=C(/C=C\C(=C/C)c1ccc(C)cc1F)NC. The fraction of sp³-hybridized carbons (Fsp3) is 0.200. The number of likely N-dealkylation sites (N-methyl/N-ethyl adjacent to an activating group) is 1. The number of hydrogen-bond acceptors (Lipinski definition) is 1. The molecule has 0 heterocycles. The summed E-state index contributed by atoms with van der Waals surface area (Å²) in [4.78, 5) is 0. The molecular weight excluding hydrogens is 213 g/mol. The summed E-state index contributed by atoms with van der Waals surface area (Å²) in [5.74, 6) is -0.196. The Hall–Kier alpha value is -1.83. The van der Waals surface area contributed by atoms with Crippen LogP contribution in [0.3, 0.4) is 0 Å². The van der Waals surface area contributed by atoms with Crippen LogP contribution >= 0.6 is 0 Å². The maximum Gasteiger partial charge on any atom is 0.131 e. The number of hydrogen-bond donors (Lipinski definition) is 1. The van der Waals surface area contributed by atoms with Gasteiger partial charge in [-0.25, -0.2) is 4.39 Å². The minimum atomic E-state index is -0.196. The van der Waals surface area contributed by atoms with Crippen molar-refractivity contribution < 1.29 is 4.39 Å². The van der Waals surface area contributed by atoms with Gasteiger partial charge in [0.1, 0.15) is 5.82 Å². The monoisotopic (exact) mass is 231 g/mol. The van der Waals surface area contributed by atoms with Gasteiger partial charge in [0, 0.05) is 18.3 Å². The topological polar surface area (TPSA) is 12.0 Å². The van der Waals surface area contributed by atoms with Gasteiger partial charge in [-0.1, -0.05) is 30.9 Å². The highest BCUT2D eigenvalue weighted by Gasteiger charge is 2.04. The molecule has 0 aromatic heterocycles. The Morgan fingerprint density at radius 2 is 2.06 bits per heavy atom. The second-order valence-electron chi connectivity index (χ2n) is 3.84. The molecule has 0 bridgehead atoms. The second kappa shape index (κ2) is 6.04. The lowest BCUT2D eigenvalue weighted by Crippen LogP contribution is -2.00. The summed E-state index contributed by atoms with van der Waals surface area (Å²) < 4.78 is 13.8. The van der Waals surface area contributed by atoms with Crippen molar-refractivity contribution in [1.82, 2.24) is 5.32 Å². The first-order valence-corrected chi connectivity index (χ1v) is 5.56. The van der Waals surface area contributed by atoms with E-state index in [2.05, 4.69) is 11.9 Å². The highest BCUT2D eigenvalue weighted by atomic mass is 19.1. The molecular formula is C15H18FN. The van der Waals surface area contributed by atoms with Crippen LogP contribution in [-0.2, 0) is 0 Å². The van der Waals surface area contributed by atoms with E-state index in [9.17, 15) is 4.39 Å². The molecule has 17 heavy (non-hydrogen) atoms. The molecule has 1 nitrogen and oxygen atoms in total. The Kier molecular flexibility index (Phi) is 4.70. The zero-order valence-electron chi connectivity index (χ0n) is 10.5. The quantitative estimate of drug-likeness (QED) is 0.777. The molecule has 0 atom stereocenters. The average Bonchev–Trinajstić information content (AvgIpc) is 2.31. The van der Waals surface area contributed by atoms with Gasteiger partial charge >= 0.3 is 0 Å². The van der Waals surface area contributed by atoms with Gasteiger partial charge in [-0.05, 0) is 37.1 Å². The van der Waals surface area contributed by atoms with Crippen LogP contribution in [0.2, 0.25) is 0 Å². The van der Waals surface area contributed by atoms with Crippen LogP contribution in [0.15, 0.2) is 48.7 Å². The molecule has 1 aromatic rings. The minimum absolute atomic E-state index is 0.196. The molecule has 0 saturated carbocycles. The summed E-state index contributed by atoms with van der Waals surface area (Å²) >= 11 is 0. The minimum Gasteiger partial charge on any atom is -0.389 e. The molecule has 1 rings (SSSR count). The van der Waals surface area contributed by atoms with Gasteiger partial charge in [0.25, 0.3) is 0 Å². The lowest BCUT2D eigenvalue weighted by atomic mass is 10.0. The molecule has 0 saturated heterocycles. The Balaban J connectivity index is 3.03. The van der Waals surface area contributed by atoms with E-state index in [1.54, 1.807) is 19.2 Å². The van der Waals surface area contributed by atoms with E-state index in [4.69, 9.17) is 0 Å². The van der Waals surface area contributed by atoms with E-state index >= 15 is 0 Å². The highest BCUT2D eigenvalue weighted by molar-refractivity contribution is 5.74. The smallest absolute Gasteiger partial charge is 0.131 e. The summed E-state index contributed by atoms with van der Waals surface area (Å²) in [6.07, 6.45) is 5.56. The maximum atomic E-state index is 13.8. The number of halogens is 1. The van der Waals surface area contributed by atoms with Crippen LogP contribution in [0.1, 0.15) is 18.1 Å². The summed E-state index contributed by atoms with van der Waals surface area (Å²) in [5, 5.41) is 2.92. The summed E-state index contributed by atoms with van der Waals surface area (Å²) in [6, 6.07) is 5.24. The fourth-order valence-corrected chi connectivity index (χ4v) is 1.47. The van der Waals surface area contributed by atoms with Crippen LogP contribution in [0.5, 0.6) is 0 Å². The molecule has 0 unspecified atom stereocenters. The van der Waals surface area contributed by atoms with E-state index in [0.717, 1.165) is 16.8 Å². The van der Waals surface area contributed by atoms with Crippen LogP contribution in [0, 0.1) is 12.7 Å². The molecule has 0 aliphatic carbocycles. The van der Waals surface area contributed by atoms with Gasteiger partial charge in [0.15, 0.2) is 0 Å². The number of rotatable bonds is 4. The summed E-state index contributed by atoms with van der Waals surface area (Å²) in [7, 11) is 1.80. The molecule has 0 amide bonds. The molecule has 0 aliphatic rings. The van der Waals surface area contributed by atoms with Gasteiger partial charge in [-0.3, -0.25) is 0 Å². The Morgan fingerprint density at radius 3 is 2.59 bits per heavy atom. The number of aryl methyl sites for hydroxylation is 1. The zero-order valence-corrected chi connectivity index (χ0v) is 10.5. The van der Waals surface area contributed by atoms with Gasteiger partial charge in [0.2, 0.25) is 0 Å². The number of allylic oxidation sites excluding steroid dienone is 4. The molecule has 0 fully saturated rings. The first kappa shape index (κ1) is 13.2. The van der Waals surface area contributed by atoms with Crippen LogP contribution in [0.4, 0.5) is 4.39 Å². The predicted octanol–water partition coefficient (Wildman–Crippen LogP) is 3.83. The third-order valence-corrected chi connectivity index (χ3v) is 2.53. The zero-order chi connectivity index (χ0) is 12.8. The van der Waals surface area contributed by atoms with Crippen molar-refractivity contribution in [2.45, 2.75) is 13.8 Å². The number of nitrogens with one attached hydrogen (secondary N) is 1. The van der Waals surface area contributed by atoms with Gasteiger partial charge in [-0.15, -0.1) is 0 Å². The van der Waals surface area contributed by atoms with E-state index in [1.807, 2.05) is 38.1 Å². The van der Waals surface area contributed by atoms with Crippen molar-refractivity contribution in [3.63, 3.8) is 0 Å². The maximum absolute atomic E-state index is 13.8. The fourth-order valence-electron chi connectivity index (χ4n) is 1.47. The van der Waals surface area contributed by atoms with Crippen LogP contribution in [-0.4, -0.2) is 7.05 Å². The van der Waals surface area contributed by atoms with Crippen molar-refractivity contribution in [3.8, 4) is 0 Å². The van der Waals surface area contributed by atoms with Crippen LogP contribution in [0.25, 0.3) is 5.57 Å². The van der Waals surface area contributed by atoms with Crippen molar-refractivity contribution in [3.05, 3.63) is 65.6 Å². The average molecular weight is 231 g/mol. The first-order valence-electron chi connectivity index (χ1n) is 5.56. The van der Waals surface area contributed by atoms with Crippen molar-refractivity contribution in [2.75, 3.05) is 7.05 Å². The Bertz CT molecular complexity index is 470. The van der Waals surface area contributed by atoms with Crippen LogP contribution < -0.4 is 5.32 Å². The first-order chi connectivity index (χ1) is 8.08. The largest absolute Gasteiger partial charge is 0.389 e. The van der Waals surface area contributed by atoms with Crippen molar-refractivity contribution >= 4 is 5.57 Å². The molecule has 0 spiro atoms. The standard InChI is InChI=1S/C15H18FN/c1-5-13(8-7-12(3)17-4)14-9-6-11(2)10-15(14)16/h5-10,17H,3H2,1-2,4H3/b8-7-,13-5+. The molecule has 0 radical (unpaired) electrons. The third-order valence-electron chi connectivity index (χ3n) is 2.53. The molecule has 1 N–H and O–H groups in total. The number of benzene rings is 1. The van der Waals surface area contributed by atoms with Crippen molar-refractivity contribution in [2.24, 2.45) is 0 Å². The van der Waals surface area contributed by atoms with Crippen molar-refractivity contribution in [1.29, 1.82) is 0 Å². The third kappa shape index (κ3) is 3.59. The normalized spacial score (nSPS) is 11.9. The lowest BCUT2D eigenvalue weighted by molar-refractivity contribution is 0.623. The predicted molar refractivity (Wildman–Crippen MR) is 72.1 cm³/mol. The summed E-state index contributed by atoms with van der Waals surface area (Å²) in [5.41, 5.74) is 3.17. The molecule has 0 aliphatic heterocycles. The molecule has 1 aromatic carbocycles. The van der Waals surface area contributed by atoms with Gasteiger partial charge < -0.3 is 5.32 Å². The second-order valence-corrected chi connectivity index (χ2v) is 3.84.